The zero-order valence-electron chi connectivity index (χ0n) is 14.7. The third kappa shape index (κ3) is 5.66. The molecule has 10 nitrogen and oxygen atoms in total. The van der Waals surface area contributed by atoms with Crippen molar-refractivity contribution in [1.82, 2.24) is 15.1 Å². The highest BCUT2D eigenvalue weighted by Crippen LogP contribution is 2.25. The van der Waals surface area contributed by atoms with Crippen molar-refractivity contribution in [2.75, 3.05) is 6.61 Å². The highest BCUT2D eigenvalue weighted by atomic mass is 16.6. The predicted molar refractivity (Wildman–Crippen MR) is 93.8 cm³/mol. The van der Waals surface area contributed by atoms with Gasteiger partial charge in [-0.3, -0.25) is 14.9 Å². The minimum Gasteiger partial charge on any atom is -0.464 e. The number of para-hydroxylation sites is 2. The van der Waals surface area contributed by atoms with Crippen molar-refractivity contribution in [2.24, 2.45) is 0 Å². The number of allylic oxidation sites excluding steroid dienone is 1. The summed E-state index contributed by atoms with van der Waals surface area (Å²) in [6.07, 6.45) is 2.66. The lowest BCUT2D eigenvalue weighted by molar-refractivity contribution is -0.386. The number of nitro groups is 1. The van der Waals surface area contributed by atoms with Crippen LogP contribution in [0.25, 0.3) is 0 Å². The molecule has 2 rings (SSSR count). The van der Waals surface area contributed by atoms with Gasteiger partial charge in [0, 0.05) is 24.0 Å². The van der Waals surface area contributed by atoms with Gasteiger partial charge in [-0.25, -0.2) is 9.48 Å². The Morgan fingerprint density at radius 3 is 2.78 bits per heavy atom. The van der Waals surface area contributed by atoms with Crippen LogP contribution in [-0.2, 0) is 16.3 Å². The van der Waals surface area contributed by atoms with Gasteiger partial charge in [-0.2, -0.15) is 5.10 Å². The monoisotopic (exact) mass is 374 g/mol. The average Bonchev–Trinajstić information content (AvgIpc) is 3.09. The molecule has 0 bridgehead atoms. The molecule has 0 radical (unpaired) electrons. The zero-order chi connectivity index (χ0) is 19.8. The molecule has 27 heavy (non-hydrogen) atoms. The van der Waals surface area contributed by atoms with E-state index in [-0.39, 0.29) is 30.5 Å². The lowest BCUT2D eigenvalue weighted by Gasteiger charge is -2.06. The maximum atomic E-state index is 12.1. The third-order valence-corrected chi connectivity index (χ3v) is 3.22. The smallest absolute Gasteiger partial charge is 0.332 e. The van der Waals surface area contributed by atoms with Crippen LogP contribution in [0.15, 0.2) is 48.3 Å². The summed E-state index contributed by atoms with van der Waals surface area (Å²) in [5, 5.41) is 17.5. The Morgan fingerprint density at radius 1 is 1.33 bits per heavy atom. The Kier molecular flexibility index (Phi) is 6.64. The van der Waals surface area contributed by atoms with E-state index in [2.05, 4.69) is 10.4 Å². The Hall–Kier alpha value is -3.69. The van der Waals surface area contributed by atoms with Gasteiger partial charge in [-0.1, -0.05) is 12.1 Å². The van der Waals surface area contributed by atoms with Crippen LogP contribution in [0.4, 0.5) is 5.69 Å². The highest BCUT2D eigenvalue weighted by Gasteiger charge is 2.15. The number of hydrogen-bond acceptors (Lipinski definition) is 7. The molecule has 0 aliphatic rings. The van der Waals surface area contributed by atoms with Crippen LogP contribution in [0.1, 0.15) is 24.3 Å². The molecular formula is C17H18N4O6. The van der Waals surface area contributed by atoms with Gasteiger partial charge in [-0.15, -0.1) is 0 Å². The van der Waals surface area contributed by atoms with Crippen LogP contribution in [-0.4, -0.2) is 33.2 Å². The van der Waals surface area contributed by atoms with Gasteiger partial charge in [0.05, 0.1) is 11.5 Å². The van der Waals surface area contributed by atoms with E-state index in [4.69, 9.17) is 9.47 Å². The van der Waals surface area contributed by atoms with Crippen molar-refractivity contribution in [3.63, 3.8) is 0 Å². The molecule has 1 aromatic carbocycles. The molecule has 0 aliphatic carbocycles. The summed E-state index contributed by atoms with van der Waals surface area (Å²) in [6.45, 7) is 3.35. The topological polar surface area (TPSA) is 126 Å². The van der Waals surface area contributed by atoms with E-state index in [1.54, 1.807) is 19.9 Å². The molecule has 1 heterocycles. The summed E-state index contributed by atoms with van der Waals surface area (Å²) in [6, 6.07) is 7.40. The van der Waals surface area contributed by atoms with Gasteiger partial charge < -0.3 is 14.8 Å². The number of nitrogens with zero attached hydrogens (tertiary/aromatic N) is 3. The normalized spacial score (nSPS) is 11.0. The minimum absolute atomic E-state index is 0.0946. The molecule has 1 amide bonds. The first-order valence-electron chi connectivity index (χ1n) is 7.96. The van der Waals surface area contributed by atoms with Crippen molar-refractivity contribution < 1.29 is 24.0 Å². The van der Waals surface area contributed by atoms with E-state index in [1.807, 2.05) is 0 Å². The molecule has 0 atom stereocenters. The van der Waals surface area contributed by atoms with Gasteiger partial charge in [0.15, 0.2) is 18.2 Å². The number of aromatic nitrogens is 2. The van der Waals surface area contributed by atoms with Crippen LogP contribution in [0.2, 0.25) is 0 Å². The third-order valence-electron chi connectivity index (χ3n) is 3.22. The molecule has 0 fully saturated rings. The number of rotatable bonds is 8. The molecule has 1 aromatic heterocycles. The van der Waals surface area contributed by atoms with Gasteiger partial charge in [-0.05, 0) is 26.0 Å². The van der Waals surface area contributed by atoms with Gasteiger partial charge in [0.1, 0.15) is 0 Å². The molecule has 10 heteroatoms. The van der Waals surface area contributed by atoms with Crippen LogP contribution in [0.5, 0.6) is 5.75 Å². The number of hydrogen-bond donors (Lipinski definition) is 1. The average molecular weight is 374 g/mol. The molecule has 142 valence electrons. The summed E-state index contributed by atoms with van der Waals surface area (Å²) in [5.74, 6) is -0.978. The molecule has 0 unspecified atom stereocenters. The number of carbonyl (C=O) groups is 2. The fraction of sp³-hybridized carbons (Fsp3) is 0.235. The summed E-state index contributed by atoms with van der Waals surface area (Å²) < 4.78 is 11.5. The van der Waals surface area contributed by atoms with Crippen molar-refractivity contribution in [3.05, 3.63) is 64.1 Å². The number of esters is 1. The van der Waals surface area contributed by atoms with E-state index in [0.29, 0.717) is 5.70 Å². The van der Waals surface area contributed by atoms with E-state index >= 15 is 0 Å². The van der Waals surface area contributed by atoms with Gasteiger partial charge in [0.25, 0.3) is 5.91 Å². The number of amides is 1. The summed E-state index contributed by atoms with van der Waals surface area (Å²) in [7, 11) is 0. The first kappa shape index (κ1) is 19.6. The largest absolute Gasteiger partial charge is 0.464 e. The van der Waals surface area contributed by atoms with Crippen LogP contribution >= 0.6 is 0 Å². The molecular weight excluding hydrogens is 356 g/mol. The molecule has 1 N–H and O–H groups in total. The maximum Gasteiger partial charge on any atom is 0.332 e. The van der Waals surface area contributed by atoms with E-state index < -0.39 is 16.8 Å². The lowest BCUT2D eigenvalue weighted by Crippen LogP contribution is -2.23. The van der Waals surface area contributed by atoms with Crippen molar-refractivity contribution >= 4 is 17.6 Å². The SMILES string of the molecule is CCOC(=O)/C=C(\C)NC(=O)c1ccn(COc2ccccc2[N+](=O)[O-])n1. The van der Waals surface area contributed by atoms with Gasteiger partial charge in [0.2, 0.25) is 0 Å². The minimum atomic E-state index is -0.557. The van der Waals surface area contributed by atoms with Crippen LogP contribution in [0, 0.1) is 10.1 Å². The maximum absolute atomic E-state index is 12.1. The van der Waals surface area contributed by atoms with Crippen LogP contribution < -0.4 is 10.1 Å². The standard InChI is InChI=1S/C17H18N4O6/c1-3-26-16(22)10-12(2)18-17(23)13-8-9-20(19-13)11-27-15-7-5-4-6-14(15)21(24)25/h4-10H,3,11H2,1-2H3,(H,18,23)/b12-10+. The summed E-state index contributed by atoms with van der Waals surface area (Å²) in [5.41, 5.74) is 0.240. The van der Waals surface area contributed by atoms with Crippen molar-refractivity contribution in [2.45, 2.75) is 20.6 Å². The number of benzene rings is 1. The van der Waals surface area contributed by atoms with Crippen molar-refractivity contribution in [1.29, 1.82) is 0 Å². The number of nitro benzene ring substituents is 1. The summed E-state index contributed by atoms with van der Waals surface area (Å²) >= 11 is 0. The lowest BCUT2D eigenvalue weighted by atomic mass is 10.3. The number of nitrogens with one attached hydrogen (secondary N) is 1. The fourth-order valence-corrected chi connectivity index (χ4v) is 2.06. The Morgan fingerprint density at radius 2 is 2.07 bits per heavy atom. The molecule has 0 spiro atoms. The molecule has 2 aromatic rings. The Labute approximate surface area is 154 Å². The highest BCUT2D eigenvalue weighted by molar-refractivity contribution is 5.94. The number of carbonyl (C=O) groups excluding carboxylic acids is 2. The molecule has 0 saturated carbocycles. The first-order chi connectivity index (χ1) is 12.9. The second-order valence-corrected chi connectivity index (χ2v) is 5.27. The molecule has 0 saturated heterocycles. The quantitative estimate of drug-likeness (QED) is 0.324. The summed E-state index contributed by atoms with van der Waals surface area (Å²) in [4.78, 5) is 33.9. The second kappa shape index (κ2) is 9.13. The first-order valence-corrected chi connectivity index (χ1v) is 7.96. The second-order valence-electron chi connectivity index (χ2n) is 5.27. The van der Waals surface area contributed by atoms with Gasteiger partial charge >= 0.3 is 11.7 Å². The van der Waals surface area contributed by atoms with Crippen molar-refractivity contribution in [3.8, 4) is 5.75 Å². The van der Waals surface area contributed by atoms with Crippen LogP contribution in [0.3, 0.4) is 0 Å². The Bertz CT molecular complexity index is 874. The van der Waals surface area contributed by atoms with E-state index in [9.17, 15) is 19.7 Å². The Balaban J connectivity index is 1.97. The zero-order valence-corrected chi connectivity index (χ0v) is 14.7. The predicted octanol–water partition coefficient (Wildman–Crippen LogP) is 2.02. The van der Waals surface area contributed by atoms with E-state index in [1.165, 1.54) is 35.1 Å². The number of ether oxygens (including phenoxy) is 2. The molecule has 0 aliphatic heterocycles. The van der Waals surface area contributed by atoms with E-state index in [0.717, 1.165) is 6.08 Å². The fourth-order valence-electron chi connectivity index (χ4n) is 2.06.